The Morgan fingerprint density at radius 2 is 1.93 bits per heavy atom. The van der Waals surface area contributed by atoms with Gasteiger partial charge >= 0.3 is 6.03 Å². The number of nitrogens with one attached hydrogen (secondary N) is 3. The van der Waals surface area contributed by atoms with Gasteiger partial charge in [-0.15, -0.1) is 0 Å². The van der Waals surface area contributed by atoms with E-state index in [1.54, 1.807) is 31.4 Å². The Bertz CT molecular complexity index is 1090. The van der Waals surface area contributed by atoms with Crippen molar-refractivity contribution in [3.8, 4) is 5.75 Å². The van der Waals surface area contributed by atoms with Crippen LogP contribution in [0.2, 0.25) is 0 Å². The Balaban J connectivity index is 1.31. The number of carbonyl (C=O) groups excluding carboxylic acids is 3. The molecule has 0 unspecified atom stereocenters. The van der Waals surface area contributed by atoms with Crippen LogP contribution in [0.3, 0.4) is 0 Å². The van der Waals surface area contributed by atoms with Crippen LogP contribution in [-0.4, -0.2) is 40.9 Å². The SMILES string of the molecule is COc1ccc(CN2C(=O)N[C@@H](CCC(=O)Nc3ccc4cc[nH]c4c3)C2=O)cc1. The molecule has 1 fully saturated rings. The highest BCUT2D eigenvalue weighted by molar-refractivity contribution is 6.04. The molecular weight excluding hydrogens is 384 g/mol. The Labute approximate surface area is 173 Å². The number of nitrogens with zero attached hydrogens (tertiary/aromatic N) is 1. The minimum absolute atomic E-state index is 0.121. The van der Waals surface area contributed by atoms with Crippen molar-refractivity contribution in [2.45, 2.75) is 25.4 Å². The van der Waals surface area contributed by atoms with E-state index in [0.717, 1.165) is 16.5 Å². The maximum absolute atomic E-state index is 12.6. The van der Waals surface area contributed by atoms with Gasteiger partial charge in [0.25, 0.3) is 5.91 Å². The van der Waals surface area contributed by atoms with Crippen molar-refractivity contribution >= 4 is 34.4 Å². The highest BCUT2D eigenvalue weighted by atomic mass is 16.5. The van der Waals surface area contributed by atoms with Gasteiger partial charge in [-0.05, 0) is 47.7 Å². The summed E-state index contributed by atoms with van der Waals surface area (Å²) < 4.78 is 5.11. The highest BCUT2D eigenvalue weighted by Gasteiger charge is 2.37. The van der Waals surface area contributed by atoms with E-state index in [4.69, 9.17) is 4.74 Å². The van der Waals surface area contributed by atoms with E-state index in [0.29, 0.717) is 11.4 Å². The molecule has 4 amide bonds. The normalized spacial score (nSPS) is 16.0. The molecule has 3 aromatic rings. The van der Waals surface area contributed by atoms with E-state index in [1.807, 2.05) is 30.5 Å². The number of H-pyrrole nitrogens is 1. The number of aromatic nitrogens is 1. The number of methoxy groups -OCH3 is 1. The molecule has 1 aliphatic rings. The van der Waals surface area contributed by atoms with Crippen molar-refractivity contribution in [2.24, 2.45) is 0 Å². The lowest BCUT2D eigenvalue weighted by atomic mass is 10.1. The zero-order valence-corrected chi connectivity index (χ0v) is 16.5. The number of hydrogen-bond acceptors (Lipinski definition) is 4. The van der Waals surface area contributed by atoms with Crippen molar-refractivity contribution in [3.05, 3.63) is 60.3 Å². The monoisotopic (exact) mass is 406 g/mol. The van der Waals surface area contributed by atoms with Gasteiger partial charge < -0.3 is 20.4 Å². The number of ether oxygens (including phenoxy) is 1. The molecule has 0 saturated carbocycles. The topological polar surface area (TPSA) is 104 Å². The van der Waals surface area contributed by atoms with Crippen molar-refractivity contribution in [1.29, 1.82) is 0 Å². The summed E-state index contributed by atoms with van der Waals surface area (Å²) in [5, 5.41) is 6.55. The molecule has 1 saturated heterocycles. The summed E-state index contributed by atoms with van der Waals surface area (Å²) in [4.78, 5) is 41.4. The molecule has 8 heteroatoms. The maximum Gasteiger partial charge on any atom is 0.325 e. The van der Waals surface area contributed by atoms with Crippen LogP contribution < -0.4 is 15.4 Å². The first kappa shape index (κ1) is 19.5. The smallest absolute Gasteiger partial charge is 0.325 e. The van der Waals surface area contributed by atoms with E-state index in [-0.39, 0.29) is 31.2 Å². The third kappa shape index (κ3) is 4.12. The molecule has 0 bridgehead atoms. The Morgan fingerprint density at radius 1 is 1.13 bits per heavy atom. The van der Waals surface area contributed by atoms with E-state index < -0.39 is 12.1 Å². The van der Waals surface area contributed by atoms with Crippen LogP contribution in [0, 0.1) is 0 Å². The standard InChI is InChI=1S/C22H22N4O4/c1-30-17-6-2-14(3-7-17)13-26-21(28)18(25-22(26)29)8-9-20(27)24-16-5-4-15-10-11-23-19(15)12-16/h2-7,10-12,18,23H,8-9,13H2,1H3,(H,24,27)(H,25,29)/t18-/m0/s1. The van der Waals surface area contributed by atoms with Gasteiger partial charge in [-0.1, -0.05) is 18.2 Å². The summed E-state index contributed by atoms with van der Waals surface area (Å²) in [7, 11) is 1.58. The number of rotatable bonds is 7. The van der Waals surface area contributed by atoms with Crippen molar-refractivity contribution in [2.75, 3.05) is 12.4 Å². The predicted molar refractivity (Wildman–Crippen MR) is 112 cm³/mol. The fourth-order valence-electron chi connectivity index (χ4n) is 3.46. The van der Waals surface area contributed by atoms with Crippen molar-refractivity contribution in [3.63, 3.8) is 0 Å². The number of hydrogen-bond donors (Lipinski definition) is 3. The Kier molecular flexibility index (Phi) is 5.38. The predicted octanol–water partition coefficient (Wildman–Crippen LogP) is 3.02. The quantitative estimate of drug-likeness (QED) is 0.525. The molecule has 0 aliphatic carbocycles. The van der Waals surface area contributed by atoms with Crippen LogP contribution in [0.4, 0.5) is 10.5 Å². The number of amides is 4. The molecule has 30 heavy (non-hydrogen) atoms. The zero-order chi connectivity index (χ0) is 21.1. The number of anilines is 1. The van der Waals surface area contributed by atoms with E-state index in [9.17, 15) is 14.4 Å². The molecule has 2 aromatic carbocycles. The van der Waals surface area contributed by atoms with E-state index in [1.165, 1.54) is 4.90 Å². The zero-order valence-electron chi connectivity index (χ0n) is 16.5. The van der Waals surface area contributed by atoms with Gasteiger partial charge in [-0.3, -0.25) is 14.5 Å². The second kappa shape index (κ2) is 8.28. The molecule has 1 aliphatic heterocycles. The van der Waals surface area contributed by atoms with Crippen LogP contribution in [0.25, 0.3) is 10.9 Å². The van der Waals surface area contributed by atoms with Crippen LogP contribution >= 0.6 is 0 Å². The molecule has 0 spiro atoms. The summed E-state index contributed by atoms with van der Waals surface area (Å²) in [6.45, 7) is 0.174. The van der Waals surface area contributed by atoms with Gasteiger partial charge in [-0.2, -0.15) is 0 Å². The Hall–Kier alpha value is -3.81. The van der Waals surface area contributed by atoms with Gasteiger partial charge in [0.1, 0.15) is 11.8 Å². The molecule has 154 valence electrons. The lowest BCUT2D eigenvalue weighted by Gasteiger charge is -2.13. The lowest BCUT2D eigenvalue weighted by molar-refractivity contribution is -0.128. The van der Waals surface area contributed by atoms with Crippen LogP contribution in [0.5, 0.6) is 5.75 Å². The number of imide groups is 1. The fourth-order valence-corrected chi connectivity index (χ4v) is 3.46. The van der Waals surface area contributed by atoms with Gasteiger partial charge in [0.15, 0.2) is 0 Å². The minimum Gasteiger partial charge on any atom is -0.497 e. The van der Waals surface area contributed by atoms with Crippen LogP contribution in [-0.2, 0) is 16.1 Å². The summed E-state index contributed by atoms with van der Waals surface area (Å²) in [6, 6.07) is 13.6. The largest absolute Gasteiger partial charge is 0.497 e. The summed E-state index contributed by atoms with van der Waals surface area (Å²) in [5.74, 6) is 0.170. The molecule has 4 rings (SSSR count). The number of fused-ring (bicyclic) bond motifs is 1. The highest BCUT2D eigenvalue weighted by Crippen LogP contribution is 2.20. The molecule has 1 atom stereocenters. The Morgan fingerprint density at radius 3 is 2.70 bits per heavy atom. The van der Waals surface area contributed by atoms with Gasteiger partial charge in [-0.25, -0.2) is 4.79 Å². The molecule has 0 radical (unpaired) electrons. The number of benzene rings is 2. The van der Waals surface area contributed by atoms with Gasteiger partial charge in [0.05, 0.1) is 13.7 Å². The molecule has 3 N–H and O–H groups in total. The molecule has 2 heterocycles. The van der Waals surface area contributed by atoms with E-state index in [2.05, 4.69) is 15.6 Å². The van der Waals surface area contributed by atoms with Gasteiger partial charge in [0.2, 0.25) is 5.91 Å². The van der Waals surface area contributed by atoms with Crippen LogP contribution in [0.15, 0.2) is 54.7 Å². The van der Waals surface area contributed by atoms with Crippen LogP contribution in [0.1, 0.15) is 18.4 Å². The van der Waals surface area contributed by atoms with Crippen molar-refractivity contribution in [1.82, 2.24) is 15.2 Å². The average molecular weight is 406 g/mol. The first-order chi connectivity index (χ1) is 14.5. The van der Waals surface area contributed by atoms with E-state index >= 15 is 0 Å². The van der Waals surface area contributed by atoms with Gasteiger partial charge in [0, 0.05) is 23.8 Å². The lowest BCUT2D eigenvalue weighted by Crippen LogP contribution is -2.31. The molecular formula is C22H22N4O4. The average Bonchev–Trinajstić information content (AvgIpc) is 3.32. The molecule has 1 aromatic heterocycles. The van der Waals surface area contributed by atoms with Crippen molar-refractivity contribution < 1.29 is 19.1 Å². The first-order valence-corrected chi connectivity index (χ1v) is 9.65. The second-order valence-corrected chi connectivity index (χ2v) is 7.14. The summed E-state index contributed by atoms with van der Waals surface area (Å²) in [5.41, 5.74) is 2.43. The molecule has 8 nitrogen and oxygen atoms in total. The number of aromatic amines is 1. The summed E-state index contributed by atoms with van der Waals surface area (Å²) in [6.07, 6.45) is 2.19. The maximum atomic E-state index is 12.6. The third-order valence-corrected chi connectivity index (χ3v) is 5.11. The number of urea groups is 1. The fraction of sp³-hybridized carbons (Fsp3) is 0.227. The number of carbonyl (C=O) groups is 3. The second-order valence-electron chi connectivity index (χ2n) is 7.14. The third-order valence-electron chi connectivity index (χ3n) is 5.11. The summed E-state index contributed by atoms with van der Waals surface area (Å²) >= 11 is 0. The minimum atomic E-state index is -0.701. The first-order valence-electron chi connectivity index (χ1n) is 9.65.